The van der Waals surface area contributed by atoms with Gasteiger partial charge in [0.1, 0.15) is 0 Å². The molecule has 2 N–H and O–H groups in total. The van der Waals surface area contributed by atoms with Crippen LogP contribution in [0, 0.1) is 6.92 Å². The number of hydrogen-bond donors (Lipinski definition) is 2. The predicted molar refractivity (Wildman–Crippen MR) is 72.4 cm³/mol. The highest BCUT2D eigenvalue weighted by Crippen LogP contribution is 2.18. The normalized spacial score (nSPS) is 23.1. The molecule has 1 saturated carbocycles. The van der Waals surface area contributed by atoms with Gasteiger partial charge in [0.05, 0.1) is 12.5 Å². The van der Waals surface area contributed by atoms with E-state index in [1.54, 1.807) is 0 Å². The van der Waals surface area contributed by atoms with E-state index in [1.807, 2.05) is 29.1 Å². The van der Waals surface area contributed by atoms with E-state index in [9.17, 15) is 9.90 Å². The molecule has 1 aromatic heterocycles. The van der Waals surface area contributed by atoms with Gasteiger partial charge < -0.3 is 10.4 Å². The van der Waals surface area contributed by atoms with Gasteiger partial charge in [0.25, 0.3) is 0 Å². The molecule has 19 heavy (non-hydrogen) atoms. The molecule has 104 valence electrons. The third-order valence-electron chi connectivity index (χ3n) is 3.72. The maximum absolute atomic E-state index is 11.8. The van der Waals surface area contributed by atoms with Crippen LogP contribution in [0.1, 0.15) is 37.7 Å². The van der Waals surface area contributed by atoms with Crippen LogP contribution in [0.5, 0.6) is 0 Å². The molecule has 0 saturated heterocycles. The van der Waals surface area contributed by atoms with Gasteiger partial charge in [-0.15, -0.1) is 0 Å². The highest BCUT2D eigenvalue weighted by atomic mass is 16.3. The molecule has 1 aliphatic rings. The van der Waals surface area contributed by atoms with E-state index < -0.39 is 0 Å². The lowest BCUT2D eigenvalue weighted by atomic mass is 9.93. The lowest BCUT2D eigenvalue weighted by Gasteiger charge is -2.25. The number of aliphatic hydroxyl groups excluding tert-OH is 1. The van der Waals surface area contributed by atoms with Crippen molar-refractivity contribution in [3.05, 3.63) is 30.1 Å². The largest absolute Gasteiger partial charge is 0.393 e. The van der Waals surface area contributed by atoms with Gasteiger partial charge in [-0.05, 0) is 38.2 Å². The minimum atomic E-state index is -0.170. The molecule has 1 heterocycles. The molecule has 0 radical (unpaired) electrons. The standard InChI is InChI=1S/C15H22N2O2/c1-12-6-9-17(10-7-12)11-8-15(19)16-13-2-4-14(18)5-3-13/h6-7,9-10,13-14,18H,2-5,8,11H2,1H3/p+1. The molecule has 2 rings (SSSR count). The highest BCUT2D eigenvalue weighted by molar-refractivity contribution is 5.75. The number of nitrogens with zero attached hydrogens (tertiary/aromatic N) is 1. The first-order valence-corrected chi connectivity index (χ1v) is 7.06. The first-order valence-electron chi connectivity index (χ1n) is 7.06. The Morgan fingerprint density at radius 2 is 1.95 bits per heavy atom. The van der Waals surface area contributed by atoms with Crippen molar-refractivity contribution in [2.45, 2.75) is 57.7 Å². The molecular weight excluding hydrogens is 240 g/mol. The summed E-state index contributed by atoms with van der Waals surface area (Å²) in [4.78, 5) is 11.8. The smallest absolute Gasteiger partial charge is 0.226 e. The van der Waals surface area contributed by atoms with E-state index in [1.165, 1.54) is 5.56 Å². The van der Waals surface area contributed by atoms with Gasteiger partial charge in [0.2, 0.25) is 5.91 Å². The number of rotatable bonds is 4. The second-order valence-electron chi connectivity index (χ2n) is 5.44. The topological polar surface area (TPSA) is 53.2 Å². The SMILES string of the molecule is Cc1cc[n+](CCC(=O)NC2CCC(O)CC2)cc1. The first kappa shape index (κ1) is 14.0. The summed E-state index contributed by atoms with van der Waals surface area (Å²) >= 11 is 0. The zero-order valence-corrected chi connectivity index (χ0v) is 11.5. The van der Waals surface area contributed by atoms with Crippen LogP contribution in [0.15, 0.2) is 24.5 Å². The predicted octanol–water partition coefficient (Wildman–Crippen LogP) is 1.09. The van der Waals surface area contributed by atoms with Crippen LogP contribution in [0.3, 0.4) is 0 Å². The molecule has 0 unspecified atom stereocenters. The van der Waals surface area contributed by atoms with E-state index >= 15 is 0 Å². The number of aliphatic hydroxyl groups is 1. The van der Waals surface area contributed by atoms with Crippen molar-refractivity contribution in [2.75, 3.05) is 0 Å². The quantitative estimate of drug-likeness (QED) is 0.799. The Hall–Kier alpha value is -1.42. The minimum absolute atomic E-state index is 0.106. The van der Waals surface area contributed by atoms with Gasteiger partial charge in [-0.2, -0.15) is 0 Å². The van der Waals surface area contributed by atoms with Crippen LogP contribution in [0.4, 0.5) is 0 Å². The molecule has 4 heteroatoms. The minimum Gasteiger partial charge on any atom is -0.393 e. The average Bonchev–Trinajstić information content (AvgIpc) is 2.41. The lowest BCUT2D eigenvalue weighted by Crippen LogP contribution is -2.41. The fraction of sp³-hybridized carbons (Fsp3) is 0.600. The fourth-order valence-electron chi connectivity index (χ4n) is 2.43. The summed E-state index contributed by atoms with van der Waals surface area (Å²) in [7, 11) is 0. The molecule has 0 aromatic carbocycles. The van der Waals surface area contributed by atoms with Crippen molar-refractivity contribution < 1.29 is 14.5 Å². The number of carbonyl (C=O) groups excluding carboxylic acids is 1. The Bertz CT molecular complexity index is 409. The first-order chi connectivity index (χ1) is 9.13. The second-order valence-corrected chi connectivity index (χ2v) is 5.44. The van der Waals surface area contributed by atoms with Crippen molar-refractivity contribution in [1.29, 1.82) is 0 Å². The number of hydrogen-bond acceptors (Lipinski definition) is 2. The monoisotopic (exact) mass is 263 g/mol. The number of pyridine rings is 1. The molecule has 1 aliphatic carbocycles. The van der Waals surface area contributed by atoms with Crippen molar-refractivity contribution in [2.24, 2.45) is 0 Å². The van der Waals surface area contributed by atoms with Gasteiger partial charge in [-0.25, -0.2) is 4.57 Å². The van der Waals surface area contributed by atoms with Gasteiger partial charge in [-0.1, -0.05) is 0 Å². The molecule has 0 bridgehead atoms. The van der Waals surface area contributed by atoms with Crippen LogP contribution in [0.2, 0.25) is 0 Å². The molecular formula is C15H23N2O2+. The van der Waals surface area contributed by atoms with Crippen molar-refractivity contribution >= 4 is 5.91 Å². The summed E-state index contributed by atoms with van der Waals surface area (Å²) in [5.74, 6) is 0.106. The maximum Gasteiger partial charge on any atom is 0.226 e. The summed E-state index contributed by atoms with van der Waals surface area (Å²) in [6, 6.07) is 4.33. The average molecular weight is 263 g/mol. The Balaban J connectivity index is 1.71. The molecule has 0 spiro atoms. The number of carbonyl (C=O) groups is 1. The summed E-state index contributed by atoms with van der Waals surface area (Å²) in [5.41, 5.74) is 1.22. The number of amides is 1. The number of aromatic nitrogens is 1. The Kier molecular flexibility index (Phi) is 4.91. The Labute approximate surface area is 114 Å². The lowest BCUT2D eigenvalue weighted by molar-refractivity contribution is -0.695. The van der Waals surface area contributed by atoms with Crippen LogP contribution in [0.25, 0.3) is 0 Å². The summed E-state index contributed by atoms with van der Waals surface area (Å²) < 4.78 is 2.03. The van der Waals surface area contributed by atoms with Crippen molar-refractivity contribution in [3.63, 3.8) is 0 Å². The van der Waals surface area contributed by atoms with Crippen molar-refractivity contribution in [3.8, 4) is 0 Å². The van der Waals surface area contributed by atoms with Gasteiger partial charge in [0.15, 0.2) is 18.9 Å². The van der Waals surface area contributed by atoms with Crippen LogP contribution in [-0.2, 0) is 11.3 Å². The number of aryl methyl sites for hydroxylation is 2. The van der Waals surface area contributed by atoms with E-state index in [2.05, 4.69) is 12.2 Å². The van der Waals surface area contributed by atoms with Gasteiger partial charge in [0, 0.05) is 18.2 Å². The summed E-state index contributed by atoms with van der Waals surface area (Å²) in [6.07, 6.45) is 7.73. The Morgan fingerprint density at radius 1 is 1.32 bits per heavy atom. The fourth-order valence-corrected chi connectivity index (χ4v) is 2.43. The van der Waals surface area contributed by atoms with Gasteiger partial charge >= 0.3 is 0 Å². The number of nitrogens with one attached hydrogen (secondary N) is 1. The molecule has 1 amide bonds. The molecule has 0 atom stereocenters. The zero-order chi connectivity index (χ0) is 13.7. The van der Waals surface area contributed by atoms with Crippen LogP contribution >= 0.6 is 0 Å². The van der Waals surface area contributed by atoms with E-state index in [0.29, 0.717) is 13.0 Å². The third-order valence-corrected chi connectivity index (χ3v) is 3.72. The molecule has 4 nitrogen and oxygen atoms in total. The van der Waals surface area contributed by atoms with E-state index in [-0.39, 0.29) is 18.1 Å². The highest BCUT2D eigenvalue weighted by Gasteiger charge is 2.20. The zero-order valence-electron chi connectivity index (χ0n) is 11.5. The van der Waals surface area contributed by atoms with E-state index in [4.69, 9.17) is 0 Å². The molecule has 1 aromatic rings. The second kappa shape index (κ2) is 6.66. The summed E-state index contributed by atoms with van der Waals surface area (Å²) in [6.45, 7) is 2.76. The molecule has 1 fully saturated rings. The Morgan fingerprint density at radius 3 is 2.58 bits per heavy atom. The maximum atomic E-state index is 11.8. The van der Waals surface area contributed by atoms with Crippen LogP contribution < -0.4 is 9.88 Å². The van der Waals surface area contributed by atoms with E-state index in [0.717, 1.165) is 25.7 Å². The third kappa shape index (κ3) is 4.63. The van der Waals surface area contributed by atoms with Gasteiger partial charge in [-0.3, -0.25) is 4.79 Å². The van der Waals surface area contributed by atoms with Crippen molar-refractivity contribution in [1.82, 2.24) is 5.32 Å². The summed E-state index contributed by atoms with van der Waals surface area (Å²) in [5, 5.41) is 12.5. The molecule has 0 aliphatic heterocycles. The van der Waals surface area contributed by atoms with Crippen LogP contribution in [-0.4, -0.2) is 23.2 Å².